The van der Waals surface area contributed by atoms with Crippen molar-refractivity contribution in [3.63, 3.8) is 0 Å². The summed E-state index contributed by atoms with van der Waals surface area (Å²) in [5.74, 6) is 1.53. The average molecular weight is 354 g/mol. The number of benzene rings is 1. The smallest absolute Gasteiger partial charge is 0.255 e. The molecule has 4 rings (SSSR count). The van der Waals surface area contributed by atoms with E-state index in [1.165, 1.54) is 0 Å². The van der Waals surface area contributed by atoms with Crippen molar-refractivity contribution in [3.8, 4) is 17.3 Å². The van der Waals surface area contributed by atoms with E-state index in [0.717, 1.165) is 18.7 Å². The number of carbonyl (C=O) groups excluding carboxylic acids is 1. The summed E-state index contributed by atoms with van der Waals surface area (Å²) in [5, 5.41) is 15.2. The van der Waals surface area contributed by atoms with Crippen LogP contribution < -0.4 is 14.8 Å². The predicted octanol–water partition coefficient (Wildman–Crippen LogP) is 2.16. The zero-order valence-corrected chi connectivity index (χ0v) is 14.5. The number of hydrogen-bond acceptors (Lipinski definition) is 6. The molecule has 134 valence electrons. The van der Waals surface area contributed by atoms with E-state index in [1.54, 1.807) is 35.4 Å². The molecule has 0 unspecified atom stereocenters. The first kappa shape index (κ1) is 16.1. The second-order valence-electron chi connectivity index (χ2n) is 5.90. The van der Waals surface area contributed by atoms with Crippen molar-refractivity contribution in [3.05, 3.63) is 42.1 Å². The Bertz CT molecular complexity index is 948. The van der Waals surface area contributed by atoms with E-state index in [9.17, 15) is 4.79 Å². The molecule has 0 saturated heterocycles. The number of amides is 1. The number of aromatic nitrogens is 5. The summed E-state index contributed by atoms with van der Waals surface area (Å²) in [4.78, 5) is 12.8. The number of ether oxygens (including phenoxy) is 2. The van der Waals surface area contributed by atoms with Crippen LogP contribution in [0.1, 0.15) is 29.4 Å². The molecular weight excluding hydrogens is 336 g/mol. The molecule has 2 aromatic heterocycles. The van der Waals surface area contributed by atoms with Gasteiger partial charge in [-0.1, -0.05) is 6.92 Å². The molecule has 3 heterocycles. The highest BCUT2D eigenvalue weighted by Crippen LogP contribution is 2.33. The van der Waals surface area contributed by atoms with Gasteiger partial charge in [-0.05, 0) is 31.5 Å². The molecular formula is C17H18N6O3. The molecule has 0 fully saturated rings. The topological polar surface area (TPSA) is 96.1 Å². The lowest BCUT2D eigenvalue weighted by Gasteiger charge is -2.08. The molecule has 9 heteroatoms. The van der Waals surface area contributed by atoms with Gasteiger partial charge in [-0.25, -0.2) is 0 Å². The van der Waals surface area contributed by atoms with Gasteiger partial charge in [-0.3, -0.25) is 14.0 Å². The largest absolute Gasteiger partial charge is 0.454 e. The van der Waals surface area contributed by atoms with Crippen LogP contribution in [0.15, 0.2) is 30.9 Å². The Balaban J connectivity index is 1.67. The van der Waals surface area contributed by atoms with Crippen molar-refractivity contribution in [2.24, 2.45) is 0 Å². The Morgan fingerprint density at radius 2 is 2.00 bits per heavy atom. The number of rotatable bonds is 5. The second kappa shape index (κ2) is 6.51. The summed E-state index contributed by atoms with van der Waals surface area (Å²) in [6.07, 6.45) is 4.03. The Hall–Kier alpha value is -3.36. The third kappa shape index (κ3) is 2.77. The maximum Gasteiger partial charge on any atom is 0.255 e. The minimum Gasteiger partial charge on any atom is -0.454 e. The first-order valence-corrected chi connectivity index (χ1v) is 8.30. The lowest BCUT2D eigenvalue weighted by molar-refractivity contribution is 0.102. The molecule has 0 spiro atoms. The van der Waals surface area contributed by atoms with Crippen molar-refractivity contribution in [1.82, 2.24) is 24.5 Å². The number of nitrogens with one attached hydrogen (secondary N) is 1. The number of carbonyl (C=O) groups is 1. The summed E-state index contributed by atoms with van der Waals surface area (Å²) >= 11 is 0. The lowest BCUT2D eigenvalue weighted by Crippen LogP contribution is -2.14. The van der Waals surface area contributed by atoms with E-state index in [1.807, 2.05) is 11.6 Å². The summed E-state index contributed by atoms with van der Waals surface area (Å²) in [6, 6.07) is 5.10. The van der Waals surface area contributed by atoms with E-state index < -0.39 is 0 Å². The highest BCUT2D eigenvalue weighted by atomic mass is 16.7. The van der Waals surface area contributed by atoms with E-state index >= 15 is 0 Å². The van der Waals surface area contributed by atoms with Crippen LogP contribution in [0.25, 0.3) is 5.82 Å². The third-order valence-electron chi connectivity index (χ3n) is 4.16. The Morgan fingerprint density at radius 1 is 1.23 bits per heavy atom. The van der Waals surface area contributed by atoms with Crippen LogP contribution in [0.2, 0.25) is 0 Å². The van der Waals surface area contributed by atoms with Gasteiger partial charge in [0.1, 0.15) is 18.3 Å². The average Bonchev–Trinajstić information content (AvgIpc) is 3.37. The van der Waals surface area contributed by atoms with Crippen LogP contribution >= 0.6 is 0 Å². The molecule has 1 amide bonds. The molecule has 0 saturated carbocycles. The van der Waals surface area contributed by atoms with Gasteiger partial charge in [-0.15, -0.1) is 10.2 Å². The number of anilines is 1. The van der Waals surface area contributed by atoms with Crippen LogP contribution in [0, 0.1) is 6.92 Å². The number of aryl methyl sites for hydroxylation is 1. The first-order valence-electron chi connectivity index (χ1n) is 8.30. The molecule has 1 N–H and O–H groups in total. The van der Waals surface area contributed by atoms with Crippen molar-refractivity contribution < 1.29 is 14.3 Å². The van der Waals surface area contributed by atoms with Crippen LogP contribution in [0.5, 0.6) is 11.5 Å². The van der Waals surface area contributed by atoms with E-state index in [0.29, 0.717) is 28.6 Å². The highest BCUT2D eigenvalue weighted by Gasteiger charge is 2.21. The molecule has 1 aliphatic heterocycles. The summed E-state index contributed by atoms with van der Waals surface area (Å²) in [5.41, 5.74) is 1.97. The normalized spacial score (nSPS) is 12.4. The van der Waals surface area contributed by atoms with E-state index in [4.69, 9.17) is 9.47 Å². The predicted molar refractivity (Wildman–Crippen MR) is 92.7 cm³/mol. The van der Waals surface area contributed by atoms with E-state index in [2.05, 4.69) is 27.5 Å². The van der Waals surface area contributed by atoms with Gasteiger partial charge in [0.2, 0.25) is 6.79 Å². The molecule has 9 nitrogen and oxygen atoms in total. The van der Waals surface area contributed by atoms with Gasteiger partial charge in [0.25, 0.3) is 5.91 Å². The monoisotopic (exact) mass is 354 g/mol. The standard InChI is InChI=1S/C17H18N6O3/c1-3-6-23-11(2)15(16(21-23)22-8-18-19-9-22)20-17(24)12-4-5-13-14(7-12)26-10-25-13/h4-5,7-9H,3,6,10H2,1-2H3,(H,20,24). The highest BCUT2D eigenvalue weighted by molar-refractivity contribution is 6.05. The van der Waals surface area contributed by atoms with Gasteiger partial charge in [0.05, 0.1) is 5.69 Å². The van der Waals surface area contributed by atoms with Crippen molar-refractivity contribution in [2.75, 3.05) is 12.1 Å². The lowest BCUT2D eigenvalue weighted by atomic mass is 10.2. The molecule has 0 radical (unpaired) electrons. The summed E-state index contributed by atoms with van der Waals surface area (Å²) < 4.78 is 14.2. The molecule has 0 aliphatic carbocycles. The quantitative estimate of drug-likeness (QED) is 0.754. The molecule has 0 bridgehead atoms. The Morgan fingerprint density at radius 3 is 2.77 bits per heavy atom. The van der Waals surface area contributed by atoms with Gasteiger partial charge in [-0.2, -0.15) is 5.10 Å². The summed E-state index contributed by atoms with van der Waals surface area (Å²) in [6.45, 7) is 4.91. The molecule has 1 aromatic carbocycles. The number of hydrogen-bond donors (Lipinski definition) is 1. The zero-order valence-electron chi connectivity index (χ0n) is 14.5. The maximum atomic E-state index is 12.8. The van der Waals surface area contributed by atoms with Crippen molar-refractivity contribution in [2.45, 2.75) is 26.8 Å². The van der Waals surface area contributed by atoms with Gasteiger partial charge < -0.3 is 14.8 Å². The molecule has 3 aromatic rings. The summed E-state index contributed by atoms with van der Waals surface area (Å²) in [7, 11) is 0. The fourth-order valence-corrected chi connectivity index (χ4v) is 2.82. The zero-order chi connectivity index (χ0) is 18.1. The SMILES string of the molecule is CCCn1nc(-n2cnnc2)c(NC(=O)c2ccc3c(c2)OCO3)c1C. The van der Waals surface area contributed by atoms with Crippen molar-refractivity contribution in [1.29, 1.82) is 0 Å². The molecule has 0 atom stereocenters. The van der Waals surface area contributed by atoms with Crippen LogP contribution in [-0.2, 0) is 6.54 Å². The fourth-order valence-electron chi connectivity index (χ4n) is 2.82. The van der Waals surface area contributed by atoms with Crippen LogP contribution in [0.3, 0.4) is 0 Å². The van der Waals surface area contributed by atoms with Gasteiger partial charge in [0, 0.05) is 12.1 Å². The number of fused-ring (bicyclic) bond motifs is 1. The van der Waals surface area contributed by atoms with Crippen LogP contribution in [0.4, 0.5) is 5.69 Å². The third-order valence-corrected chi connectivity index (χ3v) is 4.16. The van der Waals surface area contributed by atoms with Crippen LogP contribution in [-0.4, -0.2) is 37.2 Å². The van der Waals surface area contributed by atoms with Gasteiger partial charge >= 0.3 is 0 Å². The van der Waals surface area contributed by atoms with E-state index in [-0.39, 0.29) is 12.7 Å². The minimum absolute atomic E-state index is 0.168. The first-order chi connectivity index (χ1) is 12.7. The second-order valence-corrected chi connectivity index (χ2v) is 5.90. The number of nitrogens with zero attached hydrogens (tertiary/aromatic N) is 5. The maximum absolute atomic E-state index is 12.8. The Kier molecular flexibility index (Phi) is 4.04. The van der Waals surface area contributed by atoms with Crippen molar-refractivity contribution >= 4 is 11.6 Å². The molecule has 1 aliphatic rings. The fraction of sp³-hybridized carbons (Fsp3) is 0.294. The molecule has 26 heavy (non-hydrogen) atoms. The minimum atomic E-state index is -0.253. The Labute approximate surface area is 149 Å². The van der Waals surface area contributed by atoms with Gasteiger partial charge in [0.15, 0.2) is 17.3 Å².